The van der Waals surface area contributed by atoms with Crippen LogP contribution in [0.2, 0.25) is 0 Å². The van der Waals surface area contributed by atoms with Crippen LogP contribution < -0.4 is 10.9 Å². The van der Waals surface area contributed by atoms with Crippen LogP contribution in [-0.4, -0.2) is 51.3 Å². The van der Waals surface area contributed by atoms with E-state index in [4.69, 9.17) is 5.11 Å². The molecule has 1 aromatic carbocycles. The summed E-state index contributed by atoms with van der Waals surface area (Å²) in [7, 11) is 0. The Labute approximate surface area is 141 Å². The largest absolute Gasteiger partial charge is 0.465 e. The fraction of sp³-hybridized carbons (Fsp3) is 0.438. The molecule has 25 heavy (non-hydrogen) atoms. The van der Waals surface area contributed by atoms with Crippen molar-refractivity contribution in [2.75, 3.05) is 19.6 Å². The molecule has 2 N–H and O–H groups in total. The maximum Gasteiger partial charge on any atom is 0.404 e. The number of aromatic nitrogens is 2. The third-order valence-corrected chi connectivity index (χ3v) is 4.41. The molecule has 0 atom stereocenters. The highest BCUT2D eigenvalue weighted by Crippen LogP contribution is 2.17. The number of nitrogens with zero attached hydrogens (tertiary/aromatic N) is 3. The second-order valence-electron chi connectivity index (χ2n) is 6.07. The van der Waals surface area contributed by atoms with E-state index in [1.165, 1.54) is 4.57 Å². The normalized spacial score (nSPS) is 16.2. The van der Waals surface area contributed by atoms with Gasteiger partial charge in [-0.1, -0.05) is 0 Å². The van der Waals surface area contributed by atoms with Crippen LogP contribution in [0.15, 0.2) is 23.1 Å². The summed E-state index contributed by atoms with van der Waals surface area (Å²) >= 11 is 0. The number of hydrogen-bond donors (Lipinski definition) is 2. The standard InChI is InChI=1S/C16H18F2N4O3/c17-10-7-12(18)15-13(8-10)19-9-14(23)22(15)6-5-21-3-1-11(2-4-21)20-16(24)25/h7-9,11,20H,1-6H2,(H,24,25). The van der Waals surface area contributed by atoms with Crippen molar-refractivity contribution < 1.29 is 18.7 Å². The minimum atomic E-state index is -1.03. The summed E-state index contributed by atoms with van der Waals surface area (Å²) in [5.41, 5.74) is -0.349. The van der Waals surface area contributed by atoms with Crippen LogP contribution in [0.1, 0.15) is 12.8 Å². The molecule has 0 aliphatic carbocycles. The fourth-order valence-corrected chi connectivity index (χ4v) is 3.16. The molecule has 7 nitrogen and oxygen atoms in total. The minimum absolute atomic E-state index is 0.00340. The second kappa shape index (κ2) is 7.14. The van der Waals surface area contributed by atoms with E-state index in [-0.39, 0.29) is 23.6 Å². The predicted octanol–water partition coefficient (Wildman–Crippen LogP) is 1.41. The number of piperidine rings is 1. The van der Waals surface area contributed by atoms with Crippen LogP contribution in [0.5, 0.6) is 0 Å². The average Bonchev–Trinajstić information content (AvgIpc) is 2.55. The first-order chi connectivity index (χ1) is 11.9. The quantitative estimate of drug-likeness (QED) is 0.869. The molecule has 0 radical (unpaired) electrons. The lowest BCUT2D eigenvalue weighted by Crippen LogP contribution is -2.45. The van der Waals surface area contributed by atoms with E-state index in [2.05, 4.69) is 15.2 Å². The topological polar surface area (TPSA) is 87.5 Å². The number of rotatable bonds is 4. The highest BCUT2D eigenvalue weighted by Gasteiger charge is 2.20. The number of likely N-dealkylation sites (tertiary alicyclic amines) is 1. The Morgan fingerprint density at radius 2 is 2.00 bits per heavy atom. The molecule has 134 valence electrons. The number of amides is 1. The zero-order chi connectivity index (χ0) is 18.0. The van der Waals surface area contributed by atoms with E-state index in [9.17, 15) is 18.4 Å². The predicted molar refractivity (Wildman–Crippen MR) is 86.5 cm³/mol. The van der Waals surface area contributed by atoms with Crippen molar-refractivity contribution in [2.45, 2.75) is 25.4 Å². The first-order valence-corrected chi connectivity index (χ1v) is 8.00. The van der Waals surface area contributed by atoms with Crippen LogP contribution >= 0.6 is 0 Å². The van der Waals surface area contributed by atoms with Gasteiger partial charge in [-0.15, -0.1) is 0 Å². The molecule has 2 aromatic rings. The second-order valence-corrected chi connectivity index (χ2v) is 6.07. The third kappa shape index (κ3) is 3.93. The van der Waals surface area contributed by atoms with Crippen molar-refractivity contribution in [1.29, 1.82) is 0 Å². The Morgan fingerprint density at radius 1 is 1.28 bits per heavy atom. The summed E-state index contributed by atoms with van der Waals surface area (Å²) in [6.07, 6.45) is 1.39. The van der Waals surface area contributed by atoms with E-state index in [0.717, 1.165) is 18.3 Å². The smallest absolute Gasteiger partial charge is 0.404 e. The molecule has 1 fully saturated rings. The molecule has 0 saturated carbocycles. The Bertz CT molecular complexity index is 847. The Balaban J connectivity index is 1.71. The molecule has 1 aromatic heterocycles. The molecule has 9 heteroatoms. The summed E-state index contributed by atoms with van der Waals surface area (Å²) in [6.45, 7) is 2.12. The van der Waals surface area contributed by atoms with Crippen molar-refractivity contribution in [3.05, 3.63) is 40.3 Å². The number of hydrogen-bond acceptors (Lipinski definition) is 4. The van der Waals surface area contributed by atoms with Gasteiger partial charge in [0.05, 0.1) is 11.7 Å². The maximum absolute atomic E-state index is 14.1. The Kier molecular flexibility index (Phi) is 4.93. The van der Waals surface area contributed by atoms with Gasteiger partial charge in [-0.2, -0.15) is 0 Å². The zero-order valence-corrected chi connectivity index (χ0v) is 13.4. The highest BCUT2D eigenvalue weighted by molar-refractivity contribution is 5.75. The van der Waals surface area contributed by atoms with Gasteiger partial charge in [-0.05, 0) is 12.8 Å². The first-order valence-electron chi connectivity index (χ1n) is 8.00. The van der Waals surface area contributed by atoms with Crippen LogP contribution in [0, 0.1) is 11.6 Å². The number of carbonyl (C=O) groups is 1. The van der Waals surface area contributed by atoms with Gasteiger partial charge in [0.25, 0.3) is 5.56 Å². The Morgan fingerprint density at radius 3 is 2.68 bits per heavy atom. The van der Waals surface area contributed by atoms with Gasteiger partial charge in [0, 0.05) is 44.4 Å². The molecule has 3 rings (SSSR count). The number of fused-ring (bicyclic) bond motifs is 1. The lowest BCUT2D eigenvalue weighted by Gasteiger charge is -2.31. The molecule has 0 bridgehead atoms. The van der Waals surface area contributed by atoms with Crippen LogP contribution in [0.3, 0.4) is 0 Å². The molecule has 1 saturated heterocycles. The van der Waals surface area contributed by atoms with Crippen molar-refractivity contribution in [1.82, 2.24) is 19.8 Å². The summed E-state index contributed by atoms with van der Waals surface area (Å²) in [4.78, 5) is 28.6. The number of halogens is 2. The zero-order valence-electron chi connectivity index (χ0n) is 13.4. The van der Waals surface area contributed by atoms with E-state index in [1.807, 2.05) is 0 Å². The molecule has 0 unspecified atom stereocenters. The van der Waals surface area contributed by atoms with Gasteiger partial charge in [-0.3, -0.25) is 4.79 Å². The molecule has 0 spiro atoms. The van der Waals surface area contributed by atoms with Gasteiger partial charge < -0.3 is 19.9 Å². The van der Waals surface area contributed by atoms with Crippen LogP contribution in [-0.2, 0) is 6.54 Å². The van der Waals surface area contributed by atoms with Gasteiger partial charge >= 0.3 is 6.09 Å². The lowest BCUT2D eigenvalue weighted by atomic mass is 10.1. The summed E-state index contributed by atoms with van der Waals surface area (Å²) in [5.74, 6) is -1.56. The number of nitrogens with one attached hydrogen (secondary N) is 1. The monoisotopic (exact) mass is 352 g/mol. The minimum Gasteiger partial charge on any atom is -0.465 e. The van der Waals surface area contributed by atoms with E-state index >= 15 is 0 Å². The van der Waals surface area contributed by atoms with Gasteiger partial charge in [0.2, 0.25) is 0 Å². The van der Waals surface area contributed by atoms with Crippen LogP contribution in [0.25, 0.3) is 11.0 Å². The molecule has 1 aliphatic rings. The van der Waals surface area contributed by atoms with Gasteiger partial charge in [-0.25, -0.2) is 18.6 Å². The number of benzene rings is 1. The summed E-state index contributed by atoms with van der Waals surface area (Å²) < 4.78 is 28.7. The van der Waals surface area contributed by atoms with E-state index < -0.39 is 23.3 Å². The summed E-state index contributed by atoms with van der Waals surface area (Å²) in [6, 6.07) is 1.76. The average molecular weight is 352 g/mol. The maximum atomic E-state index is 14.1. The third-order valence-electron chi connectivity index (χ3n) is 4.41. The van der Waals surface area contributed by atoms with Gasteiger partial charge in [0.15, 0.2) is 5.82 Å². The molecular weight excluding hydrogens is 334 g/mol. The van der Waals surface area contributed by atoms with Gasteiger partial charge in [0.1, 0.15) is 11.3 Å². The fourth-order valence-electron chi connectivity index (χ4n) is 3.16. The highest BCUT2D eigenvalue weighted by atomic mass is 19.1. The van der Waals surface area contributed by atoms with Crippen LogP contribution in [0.4, 0.5) is 13.6 Å². The molecule has 2 heterocycles. The van der Waals surface area contributed by atoms with E-state index in [0.29, 0.717) is 32.5 Å². The van der Waals surface area contributed by atoms with Crippen molar-refractivity contribution in [3.63, 3.8) is 0 Å². The number of carboxylic acid groups (broad SMARTS) is 1. The summed E-state index contributed by atoms with van der Waals surface area (Å²) in [5, 5.41) is 11.2. The van der Waals surface area contributed by atoms with Crippen molar-refractivity contribution >= 4 is 17.1 Å². The molecule has 1 amide bonds. The SMILES string of the molecule is O=C(O)NC1CCN(CCn2c(=O)cnc3cc(F)cc(F)c32)CC1. The first kappa shape index (κ1) is 17.3. The van der Waals surface area contributed by atoms with Crippen molar-refractivity contribution in [3.8, 4) is 0 Å². The van der Waals surface area contributed by atoms with E-state index in [1.54, 1.807) is 0 Å². The molecular formula is C16H18F2N4O3. The van der Waals surface area contributed by atoms with Crippen molar-refractivity contribution in [2.24, 2.45) is 0 Å². The Hall–Kier alpha value is -2.55. The lowest BCUT2D eigenvalue weighted by molar-refractivity contribution is 0.166. The molecule has 1 aliphatic heterocycles.